The van der Waals surface area contributed by atoms with Gasteiger partial charge in [0.1, 0.15) is 0 Å². The number of anilines is 1. The van der Waals surface area contributed by atoms with Crippen molar-refractivity contribution in [3.05, 3.63) is 29.3 Å². The highest BCUT2D eigenvalue weighted by Gasteiger charge is 2.12. The van der Waals surface area contributed by atoms with Crippen molar-refractivity contribution in [2.45, 2.75) is 57.4 Å². The number of hydrogen-bond donors (Lipinski definition) is 2. The SMILES string of the molecule is c1cc2c(cc1CCNC1CCCCC1)CCCN2. The fraction of sp³-hybridized carbons (Fsp3) is 0.647. The summed E-state index contributed by atoms with van der Waals surface area (Å²) in [5.41, 5.74) is 4.36. The smallest absolute Gasteiger partial charge is 0.0372 e. The van der Waals surface area contributed by atoms with Gasteiger partial charge < -0.3 is 10.6 Å². The van der Waals surface area contributed by atoms with Gasteiger partial charge in [-0.25, -0.2) is 0 Å². The first-order valence-corrected chi connectivity index (χ1v) is 8.01. The van der Waals surface area contributed by atoms with E-state index < -0.39 is 0 Å². The molecule has 0 amide bonds. The minimum Gasteiger partial charge on any atom is -0.385 e. The van der Waals surface area contributed by atoms with Crippen molar-refractivity contribution in [3.63, 3.8) is 0 Å². The molecule has 2 heteroatoms. The first kappa shape index (κ1) is 13.0. The summed E-state index contributed by atoms with van der Waals surface area (Å²) in [5, 5.41) is 7.22. The number of rotatable bonds is 4. The van der Waals surface area contributed by atoms with Gasteiger partial charge >= 0.3 is 0 Å². The summed E-state index contributed by atoms with van der Waals surface area (Å²) in [4.78, 5) is 0. The van der Waals surface area contributed by atoms with E-state index in [1.165, 1.54) is 68.2 Å². The lowest BCUT2D eigenvalue weighted by molar-refractivity contribution is 0.375. The molecule has 0 bridgehead atoms. The van der Waals surface area contributed by atoms with E-state index in [2.05, 4.69) is 28.8 Å². The molecule has 3 rings (SSSR count). The molecular weight excluding hydrogens is 232 g/mol. The summed E-state index contributed by atoms with van der Waals surface area (Å²) < 4.78 is 0. The Kier molecular flexibility index (Phi) is 4.39. The predicted octanol–water partition coefficient (Wildman–Crippen LogP) is 3.51. The maximum atomic E-state index is 3.73. The molecule has 104 valence electrons. The van der Waals surface area contributed by atoms with Gasteiger partial charge in [-0.1, -0.05) is 31.4 Å². The zero-order valence-corrected chi connectivity index (χ0v) is 11.9. The molecule has 1 aromatic carbocycles. The summed E-state index contributed by atoms with van der Waals surface area (Å²) in [7, 11) is 0. The topological polar surface area (TPSA) is 24.1 Å². The molecular formula is C17H26N2. The van der Waals surface area contributed by atoms with E-state index in [4.69, 9.17) is 0 Å². The van der Waals surface area contributed by atoms with E-state index in [1.807, 2.05) is 0 Å². The van der Waals surface area contributed by atoms with E-state index in [-0.39, 0.29) is 0 Å². The van der Waals surface area contributed by atoms with Gasteiger partial charge in [0.2, 0.25) is 0 Å². The molecule has 0 radical (unpaired) electrons. The fourth-order valence-corrected chi connectivity index (χ4v) is 3.41. The lowest BCUT2D eigenvalue weighted by Gasteiger charge is -2.23. The van der Waals surface area contributed by atoms with Crippen molar-refractivity contribution in [3.8, 4) is 0 Å². The average molecular weight is 258 g/mol. The monoisotopic (exact) mass is 258 g/mol. The van der Waals surface area contributed by atoms with Gasteiger partial charge in [-0.3, -0.25) is 0 Å². The van der Waals surface area contributed by atoms with Gasteiger partial charge in [0, 0.05) is 18.3 Å². The van der Waals surface area contributed by atoms with E-state index in [0.29, 0.717) is 0 Å². The van der Waals surface area contributed by atoms with Gasteiger partial charge in [-0.05, 0) is 55.8 Å². The average Bonchev–Trinajstić information content (AvgIpc) is 2.48. The zero-order chi connectivity index (χ0) is 12.9. The maximum Gasteiger partial charge on any atom is 0.0372 e. The standard InChI is InChI=1S/C17H26N2/c1-2-6-16(7-3-1)18-12-10-14-8-9-17-15(13-14)5-4-11-19-17/h8-9,13,16,18-19H,1-7,10-12H2. The number of aryl methyl sites for hydroxylation is 1. The second-order valence-electron chi connectivity index (χ2n) is 6.06. The highest BCUT2D eigenvalue weighted by Crippen LogP contribution is 2.23. The Morgan fingerprint density at radius 3 is 2.89 bits per heavy atom. The summed E-state index contributed by atoms with van der Waals surface area (Å²) >= 11 is 0. The highest BCUT2D eigenvalue weighted by molar-refractivity contribution is 5.54. The van der Waals surface area contributed by atoms with E-state index in [9.17, 15) is 0 Å². The van der Waals surface area contributed by atoms with Crippen molar-refractivity contribution in [1.29, 1.82) is 0 Å². The molecule has 0 saturated heterocycles. The third-order valence-corrected chi connectivity index (χ3v) is 4.56. The summed E-state index contributed by atoms with van der Waals surface area (Å²) in [6, 6.07) is 7.75. The van der Waals surface area contributed by atoms with Crippen LogP contribution >= 0.6 is 0 Å². The Morgan fingerprint density at radius 1 is 1.11 bits per heavy atom. The molecule has 1 saturated carbocycles. The van der Waals surface area contributed by atoms with Crippen LogP contribution in [0.4, 0.5) is 5.69 Å². The Balaban J connectivity index is 1.49. The second kappa shape index (κ2) is 6.42. The van der Waals surface area contributed by atoms with Crippen LogP contribution in [0.25, 0.3) is 0 Å². The van der Waals surface area contributed by atoms with Crippen LogP contribution in [0.2, 0.25) is 0 Å². The Bertz CT molecular complexity index is 408. The van der Waals surface area contributed by atoms with Gasteiger partial charge in [-0.15, -0.1) is 0 Å². The zero-order valence-electron chi connectivity index (χ0n) is 11.9. The molecule has 1 heterocycles. The molecule has 0 atom stereocenters. The third-order valence-electron chi connectivity index (χ3n) is 4.56. The van der Waals surface area contributed by atoms with Gasteiger partial charge in [0.05, 0.1) is 0 Å². The van der Waals surface area contributed by atoms with Crippen LogP contribution in [-0.4, -0.2) is 19.1 Å². The molecule has 2 N–H and O–H groups in total. The number of hydrogen-bond acceptors (Lipinski definition) is 2. The molecule has 1 aliphatic carbocycles. The molecule has 0 unspecified atom stereocenters. The first-order valence-electron chi connectivity index (χ1n) is 8.01. The second-order valence-corrected chi connectivity index (χ2v) is 6.06. The van der Waals surface area contributed by atoms with Crippen molar-refractivity contribution in [2.75, 3.05) is 18.4 Å². The fourth-order valence-electron chi connectivity index (χ4n) is 3.41. The van der Waals surface area contributed by atoms with Crippen LogP contribution in [0.5, 0.6) is 0 Å². The molecule has 1 aromatic rings. The Hall–Kier alpha value is -1.02. The van der Waals surface area contributed by atoms with E-state index >= 15 is 0 Å². The van der Waals surface area contributed by atoms with Crippen LogP contribution in [0.1, 0.15) is 49.7 Å². The van der Waals surface area contributed by atoms with Gasteiger partial charge in [0.25, 0.3) is 0 Å². The molecule has 2 aliphatic rings. The minimum atomic E-state index is 0.785. The molecule has 0 spiro atoms. The largest absolute Gasteiger partial charge is 0.385 e. The van der Waals surface area contributed by atoms with Crippen molar-refractivity contribution in [1.82, 2.24) is 5.32 Å². The lowest BCUT2D eigenvalue weighted by atomic mass is 9.95. The van der Waals surface area contributed by atoms with Crippen molar-refractivity contribution < 1.29 is 0 Å². The van der Waals surface area contributed by atoms with Crippen LogP contribution in [0, 0.1) is 0 Å². The highest BCUT2D eigenvalue weighted by atomic mass is 14.9. The van der Waals surface area contributed by atoms with Gasteiger partial charge in [-0.2, -0.15) is 0 Å². The van der Waals surface area contributed by atoms with E-state index in [0.717, 1.165) is 19.1 Å². The molecule has 2 nitrogen and oxygen atoms in total. The number of benzene rings is 1. The van der Waals surface area contributed by atoms with E-state index in [1.54, 1.807) is 0 Å². The maximum absolute atomic E-state index is 3.73. The number of nitrogens with one attached hydrogen (secondary N) is 2. The minimum absolute atomic E-state index is 0.785. The quantitative estimate of drug-likeness (QED) is 0.863. The number of fused-ring (bicyclic) bond motifs is 1. The van der Waals surface area contributed by atoms with Crippen LogP contribution < -0.4 is 10.6 Å². The summed E-state index contributed by atoms with van der Waals surface area (Å²) in [5.74, 6) is 0. The van der Waals surface area contributed by atoms with Gasteiger partial charge in [0.15, 0.2) is 0 Å². The molecule has 1 fully saturated rings. The summed E-state index contributed by atoms with van der Waals surface area (Å²) in [6.45, 7) is 2.27. The van der Waals surface area contributed by atoms with Crippen LogP contribution in [0.3, 0.4) is 0 Å². The van der Waals surface area contributed by atoms with Crippen molar-refractivity contribution in [2.24, 2.45) is 0 Å². The van der Waals surface area contributed by atoms with Crippen LogP contribution in [0.15, 0.2) is 18.2 Å². The lowest BCUT2D eigenvalue weighted by Crippen LogP contribution is -2.32. The molecule has 19 heavy (non-hydrogen) atoms. The predicted molar refractivity (Wildman–Crippen MR) is 81.8 cm³/mol. The first-order chi connectivity index (χ1) is 9.42. The molecule has 0 aromatic heterocycles. The summed E-state index contributed by atoms with van der Waals surface area (Å²) in [6.07, 6.45) is 10.7. The van der Waals surface area contributed by atoms with Crippen molar-refractivity contribution >= 4 is 5.69 Å². The van der Waals surface area contributed by atoms with Crippen LogP contribution in [-0.2, 0) is 12.8 Å². The molecule has 1 aliphatic heterocycles. The Morgan fingerprint density at radius 2 is 2.00 bits per heavy atom. The normalized spacial score (nSPS) is 19.8. The Labute approximate surface area is 117 Å². The third kappa shape index (κ3) is 3.50.